The van der Waals surface area contributed by atoms with E-state index in [0.29, 0.717) is 12.5 Å². The van der Waals surface area contributed by atoms with Crippen LogP contribution in [0.15, 0.2) is 30.6 Å². The Labute approximate surface area is 122 Å². The van der Waals surface area contributed by atoms with Gasteiger partial charge in [-0.1, -0.05) is 13.8 Å². The van der Waals surface area contributed by atoms with Crippen LogP contribution in [0.25, 0.3) is 0 Å². The molecule has 21 heavy (non-hydrogen) atoms. The molecule has 112 valence electrons. The molecule has 1 aromatic heterocycles. The fourth-order valence-corrected chi connectivity index (χ4v) is 1.64. The van der Waals surface area contributed by atoms with Gasteiger partial charge in [-0.2, -0.15) is 0 Å². The van der Waals surface area contributed by atoms with Gasteiger partial charge in [0, 0.05) is 12.6 Å². The maximum atomic E-state index is 13.1. The largest absolute Gasteiger partial charge is 0.437 e. The highest BCUT2D eigenvalue weighted by Crippen LogP contribution is 2.20. The van der Waals surface area contributed by atoms with E-state index in [0.717, 1.165) is 24.4 Å². The maximum absolute atomic E-state index is 13.1. The Morgan fingerprint density at radius 1 is 1.14 bits per heavy atom. The lowest BCUT2D eigenvalue weighted by Crippen LogP contribution is -2.19. The van der Waals surface area contributed by atoms with Crippen molar-refractivity contribution in [2.75, 3.05) is 6.54 Å². The molecule has 2 aromatic rings. The predicted molar refractivity (Wildman–Crippen MR) is 75.0 cm³/mol. The molecule has 0 saturated heterocycles. The van der Waals surface area contributed by atoms with E-state index in [1.54, 1.807) is 6.20 Å². The third-order valence-electron chi connectivity index (χ3n) is 2.65. The molecule has 0 atom stereocenters. The Hall–Kier alpha value is -2.08. The summed E-state index contributed by atoms with van der Waals surface area (Å²) in [6.07, 6.45) is 3.04. The number of benzene rings is 1. The molecule has 0 aliphatic heterocycles. The van der Waals surface area contributed by atoms with E-state index < -0.39 is 11.6 Å². The van der Waals surface area contributed by atoms with Crippen LogP contribution in [-0.4, -0.2) is 16.5 Å². The lowest BCUT2D eigenvalue weighted by molar-refractivity contribution is 0.444. The summed E-state index contributed by atoms with van der Waals surface area (Å²) in [6.45, 7) is 5.76. The van der Waals surface area contributed by atoms with E-state index in [1.807, 2.05) is 0 Å². The van der Waals surface area contributed by atoms with Crippen molar-refractivity contribution in [1.82, 2.24) is 15.3 Å². The van der Waals surface area contributed by atoms with Gasteiger partial charge in [-0.15, -0.1) is 0 Å². The summed E-state index contributed by atoms with van der Waals surface area (Å²) in [5.41, 5.74) is 0.785. The zero-order valence-corrected chi connectivity index (χ0v) is 11.9. The quantitative estimate of drug-likeness (QED) is 0.887. The van der Waals surface area contributed by atoms with Gasteiger partial charge < -0.3 is 10.1 Å². The van der Waals surface area contributed by atoms with Crippen LogP contribution >= 0.6 is 0 Å². The third kappa shape index (κ3) is 4.75. The second-order valence-corrected chi connectivity index (χ2v) is 5.05. The van der Waals surface area contributed by atoms with Gasteiger partial charge in [0.15, 0.2) is 11.6 Å². The first-order valence-electron chi connectivity index (χ1n) is 6.69. The number of aromatic nitrogens is 2. The van der Waals surface area contributed by atoms with Gasteiger partial charge in [-0.25, -0.2) is 13.8 Å². The van der Waals surface area contributed by atoms with E-state index in [4.69, 9.17) is 4.74 Å². The highest BCUT2D eigenvalue weighted by atomic mass is 19.2. The van der Waals surface area contributed by atoms with Crippen LogP contribution in [0, 0.1) is 17.6 Å². The number of hydrogen-bond donors (Lipinski definition) is 1. The number of rotatable bonds is 6. The van der Waals surface area contributed by atoms with Crippen molar-refractivity contribution in [3.63, 3.8) is 0 Å². The smallest absolute Gasteiger partial charge is 0.237 e. The van der Waals surface area contributed by atoms with Crippen LogP contribution in [0.2, 0.25) is 0 Å². The van der Waals surface area contributed by atoms with Gasteiger partial charge in [0.25, 0.3) is 0 Å². The minimum absolute atomic E-state index is 0.175. The normalized spacial score (nSPS) is 10.9. The van der Waals surface area contributed by atoms with E-state index in [2.05, 4.69) is 29.1 Å². The molecule has 1 N–H and O–H groups in total. The van der Waals surface area contributed by atoms with Crippen LogP contribution < -0.4 is 10.1 Å². The monoisotopic (exact) mass is 293 g/mol. The van der Waals surface area contributed by atoms with Gasteiger partial charge in [0.05, 0.1) is 18.1 Å². The fraction of sp³-hybridized carbons (Fsp3) is 0.333. The summed E-state index contributed by atoms with van der Waals surface area (Å²) < 4.78 is 31.2. The number of nitrogens with zero attached hydrogens (tertiary/aromatic N) is 2. The van der Waals surface area contributed by atoms with Crippen LogP contribution in [0.4, 0.5) is 8.78 Å². The summed E-state index contributed by atoms with van der Waals surface area (Å²) in [5, 5.41) is 3.25. The molecule has 0 saturated carbocycles. The molecule has 0 aliphatic carbocycles. The zero-order valence-electron chi connectivity index (χ0n) is 11.9. The van der Waals surface area contributed by atoms with Gasteiger partial charge in [0.1, 0.15) is 5.75 Å². The first-order valence-corrected chi connectivity index (χ1v) is 6.69. The van der Waals surface area contributed by atoms with Crippen molar-refractivity contribution in [3.05, 3.63) is 47.9 Å². The molecule has 0 aliphatic rings. The van der Waals surface area contributed by atoms with Crippen LogP contribution in [0.3, 0.4) is 0 Å². The Balaban J connectivity index is 1.94. The molecule has 4 nitrogen and oxygen atoms in total. The second-order valence-electron chi connectivity index (χ2n) is 5.05. The minimum Gasteiger partial charge on any atom is -0.437 e. The third-order valence-corrected chi connectivity index (χ3v) is 2.65. The number of hydrogen-bond acceptors (Lipinski definition) is 4. The lowest BCUT2D eigenvalue weighted by atomic mass is 10.2. The summed E-state index contributed by atoms with van der Waals surface area (Å²) >= 11 is 0. The zero-order chi connectivity index (χ0) is 15.2. The van der Waals surface area contributed by atoms with Gasteiger partial charge in [-0.3, -0.25) is 4.98 Å². The molecule has 0 fully saturated rings. The minimum atomic E-state index is -0.963. The fourth-order valence-electron chi connectivity index (χ4n) is 1.64. The number of halogens is 2. The summed E-state index contributed by atoms with van der Waals surface area (Å²) in [5.74, 6) is -0.911. The Morgan fingerprint density at radius 2 is 1.95 bits per heavy atom. The van der Waals surface area contributed by atoms with E-state index >= 15 is 0 Å². The molecule has 0 amide bonds. The lowest BCUT2D eigenvalue weighted by Gasteiger charge is -2.08. The molecule has 0 radical (unpaired) electrons. The molecule has 2 rings (SSSR count). The Morgan fingerprint density at radius 3 is 2.57 bits per heavy atom. The van der Waals surface area contributed by atoms with Crippen molar-refractivity contribution in [2.24, 2.45) is 5.92 Å². The van der Waals surface area contributed by atoms with Gasteiger partial charge in [-0.05, 0) is 24.6 Å². The van der Waals surface area contributed by atoms with Crippen molar-refractivity contribution in [2.45, 2.75) is 20.4 Å². The Kier molecular flexibility index (Phi) is 5.16. The van der Waals surface area contributed by atoms with Crippen LogP contribution in [0.1, 0.15) is 19.5 Å². The average Bonchev–Trinajstić information content (AvgIpc) is 2.44. The number of nitrogens with one attached hydrogen (secondary N) is 1. The predicted octanol–water partition coefficient (Wildman–Crippen LogP) is 3.29. The molecule has 1 heterocycles. The highest BCUT2D eigenvalue weighted by Gasteiger charge is 2.05. The average molecular weight is 293 g/mol. The van der Waals surface area contributed by atoms with E-state index in [9.17, 15) is 8.78 Å². The van der Waals surface area contributed by atoms with Gasteiger partial charge >= 0.3 is 0 Å². The topological polar surface area (TPSA) is 47.0 Å². The first kappa shape index (κ1) is 15.3. The summed E-state index contributed by atoms with van der Waals surface area (Å²) in [6, 6.07) is 3.30. The van der Waals surface area contributed by atoms with Crippen LogP contribution in [-0.2, 0) is 6.54 Å². The Bertz CT molecular complexity index is 588. The molecule has 1 aromatic carbocycles. The van der Waals surface area contributed by atoms with E-state index in [-0.39, 0.29) is 11.6 Å². The molecule has 0 unspecified atom stereocenters. The van der Waals surface area contributed by atoms with Crippen LogP contribution in [0.5, 0.6) is 11.6 Å². The molecule has 6 heteroatoms. The number of ether oxygens (including phenoxy) is 1. The molecule has 0 bridgehead atoms. The second kappa shape index (κ2) is 7.08. The first-order chi connectivity index (χ1) is 10.0. The summed E-state index contributed by atoms with van der Waals surface area (Å²) in [7, 11) is 0. The highest BCUT2D eigenvalue weighted by molar-refractivity contribution is 5.27. The molecular weight excluding hydrogens is 276 g/mol. The van der Waals surface area contributed by atoms with Crippen molar-refractivity contribution >= 4 is 0 Å². The van der Waals surface area contributed by atoms with E-state index in [1.165, 1.54) is 12.3 Å². The molecule has 0 spiro atoms. The molecular formula is C15H17F2N3O. The van der Waals surface area contributed by atoms with Crippen molar-refractivity contribution in [3.8, 4) is 11.6 Å². The SMILES string of the molecule is CC(C)CNCc1cnc(Oc2ccc(F)c(F)c2)cn1. The summed E-state index contributed by atoms with van der Waals surface area (Å²) in [4.78, 5) is 8.28. The standard InChI is InChI=1S/C15H17F2N3O/c1-10(2)6-18-7-11-8-20-15(9-19-11)21-12-3-4-13(16)14(17)5-12/h3-5,8-10,18H,6-7H2,1-2H3. The van der Waals surface area contributed by atoms with Crippen molar-refractivity contribution in [1.29, 1.82) is 0 Å². The maximum Gasteiger partial charge on any atom is 0.237 e. The van der Waals surface area contributed by atoms with Crippen molar-refractivity contribution < 1.29 is 13.5 Å². The van der Waals surface area contributed by atoms with Gasteiger partial charge in [0.2, 0.25) is 5.88 Å².